The van der Waals surface area contributed by atoms with E-state index in [-0.39, 0.29) is 25.2 Å². The molecule has 0 amide bonds. The van der Waals surface area contributed by atoms with Gasteiger partial charge in [0.25, 0.3) is 0 Å². The lowest BCUT2D eigenvalue weighted by molar-refractivity contribution is -0.180. The van der Waals surface area contributed by atoms with E-state index < -0.39 is 25.6 Å². The third kappa shape index (κ3) is 4.55. The third-order valence-corrected chi connectivity index (χ3v) is 12.1. The number of cyclic esters (lactones) is 1. The second kappa shape index (κ2) is 10.1. The van der Waals surface area contributed by atoms with Crippen LogP contribution in [0.3, 0.4) is 0 Å². The maximum atomic E-state index is 14.0. The van der Waals surface area contributed by atoms with Gasteiger partial charge in [0.15, 0.2) is 0 Å². The first-order valence-corrected chi connectivity index (χ1v) is 17.2. The monoisotopic (exact) mass is 549 g/mol. The molecule has 3 N–H and O–H groups in total. The largest absolute Gasteiger partial charge is 0.457 e. The minimum absolute atomic E-state index is 0.103. The number of nitrogens with zero attached hydrogens (tertiary/aromatic N) is 1. The van der Waals surface area contributed by atoms with Crippen molar-refractivity contribution in [1.82, 2.24) is 10.2 Å². The molecule has 8 nitrogen and oxygen atoms in total. The van der Waals surface area contributed by atoms with Crippen molar-refractivity contribution in [2.75, 3.05) is 13.2 Å². The second-order valence-corrected chi connectivity index (χ2v) is 16.7. The Balaban J connectivity index is 1.49. The predicted octanol–water partition coefficient (Wildman–Crippen LogP) is 3.44. The molecule has 0 bridgehead atoms. The van der Waals surface area contributed by atoms with Gasteiger partial charge in [-0.15, -0.1) is 0 Å². The van der Waals surface area contributed by atoms with Crippen molar-refractivity contribution in [2.45, 2.75) is 77.7 Å². The Bertz CT molecular complexity index is 1340. The number of Topliss-reactive ketones (excluding diaryl/α,β-unsaturated/α-hetero) is 1. The van der Waals surface area contributed by atoms with E-state index in [1.165, 1.54) is 22.4 Å². The summed E-state index contributed by atoms with van der Waals surface area (Å²) in [5, 5.41) is 4.90. The first-order valence-electron chi connectivity index (χ1n) is 14.0. The topological polar surface area (TPSA) is 111 Å². The maximum absolute atomic E-state index is 14.0. The van der Waals surface area contributed by atoms with E-state index in [9.17, 15) is 14.4 Å². The molecule has 1 aromatic carbocycles. The molecule has 0 aromatic heterocycles. The van der Waals surface area contributed by atoms with Gasteiger partial charge in [-0.25, -0.2) is 4.79 Å². The van der Waals surface area contributed by atoms with E-state index in [1.807, 2.05) is 0 Å². The van der Waals surface area contributed by atoms with Gasteiger partial charge in [0.2, 0.25) is 11.4 Å². The highest BCUT2D eigenvalue weighted by atomic mass is 28.3. The Labute approximate surface area is 231 Å². The molecule has 208 valence electrons. The van der Waals surface area contributed by atoms with Crippen molar-refractivity contribution in [3.63, 3.8) is 0 Å². The van der Waals surface area contributed by atoms with Crippen LogP contribution in [0.5, 0.6) is 0 Å². The molecule has 1 unspecified atom stereocenters. The molecular formula is C30H39N3O5Si. The van der Waals surface area contributed by atoms with Gasteiger partial charge in [-0.3, -0.25) is 9.59 Å². The van der Waals surface area contributed by atoms with Crippen LogP contribution in [0.2, 0.25) is 19.1 Å². The van der Waals surface area contributed by atoms with Crippen LogP contribution in [0.25, 0.3) is 6.08 Å². The second-order valence-electron chi connectivity index (χ2n) is 12.0. The molecule has 5 rings (SSSR count). The first kappa shape index (κ1) is 27.4. The molecule has 0 radical (unpaired) electrons. The van der Waals surface area contributed by atoms with Gasteiger partial charge in [-0.05, 0) is 42.5 Å². The summed E-state index contributed by atoms with van der Waals surface area (Å²) < 4.78 is 11.3. The Hall–Kier alpha value is -3.17. The van der Waals surface area contributed by atoms with Crippen molar-refractivity contribution in [1.29, 1.82) is 0 Å². The minimum atomic E-state index is -1.71. The Kier molecular flexibility index (Phi) is 7.09. The highest BCUT2D eigenvalue weighted by Crippen LogP contribution is 2.46. The summed E-state index contributed by atoms with van der Waals surface area (Å²) in [5.41, 5.74) is 8.70. The van der Waals surface area contributed by atoms with Crippen molar-refractivity contribution < 1.29 is 23.9 Å². The number of esters is 2. The van der Waals surface area contributed by atoms with Gasteiger partial charge in [0, 0.05) is 29.7 Å². The van der Waals surface area contributed by atoms with Crippen LogP contribution in [0.1, 0.15) is 57.6 Å². The van der Waals surface area contributed by atoms with Crippen LogP contribution < -0.4 is 16.2 Å². The van der Waals surface area contributed by atoms with Crippen LogP contribution in [0, 0.1) is 5.92 Å². The van der Waals surface area contributed by atoms with Gasteiger partial charge >= 0.3 is 11.9 Å². The Morgan fingerprint density at radius 3 is 2.74 bits per heavy atom. The number of allylic oxidation sites excluding steroid dienone is 2. The summed E-state index contributed by atoms with van der Waals surface area (Å²) in [7, 11) is -1.71. The number of nitrogens with one attached hydrogen (secondary N) is 1. The van der Waals surface area contributed by atoms with Gasteiger partial charge in [-0.1, -0.05) is 63.3 Å². The molecule has 0 saturated heterocycles. The number of rotatable bonds is 8. The Morgan fingerprint density at radius 2 is 2.05 bits per heavy atom. The SMILES string of the molecule is CCC1(OC(=O)CCCN)C(=O)OCC2=C1CC1=C(C2=O)N2Cc3c(cccc3[Si](C)(C)CC(C)C)C=C2N1. The lowest BCUT2D eigenvalue weighted by Crippen LogP contribution is -2.51. The molecule has 3 heterocycles. The normalized spacial score (nSPS) is 22.1. The molecule has 4 aliphatic rings. The van der Waals surface area contributed by atoms with Crippen LogP contribution in [-0.2, 0) is 30.4 Å². The fraction of sp³-hybridized carbons (Fsp3) is 0.500. The summed E-state index contributed by atoms with van der Waals surface area (Å²) in [4.78, 5) is 41.8. The summed E-state index contributed by atoms with van der Waals surface area (Å²) in [6, 6.07) is 7.74. The number of fused-ring (bicyclic) bond motifs is 3. The lowest BCUT2D eigenvalue weighted by Gasteiger charge is -2.39. The zero-order chi connectivity index (χ0) is 28.1. The van der Waals surface area contributed by atoms with Crippen molar-refractivity contribution >= 4 is 37.1 Å². The molecule has 0 fully saturated rings. The van der Waals surface area contributed by atoms with Crippen LogP contribution in [0.4, 0.5) is 0 Å². The summed E-state index contributed by atoms with van der Waals surface area (Å²) in [6.45, 7) is 12.0. The minimum Gasteiger partial charge on any atom is -0.457 e. The molecule has 1 aliphatic carbocycles. The van der Waals surface area contributed by atoms with E-state index in [1.54, 1.807) is 6.92 Å². The molecule has 39 heavy (non-hydrogen) atoms. The molecular weight excluding hydrogens is 510 g/mol. The molecule has 1 atom stereocenters. The Morgan fingerprint density at radius 1 is 1.28 bits per heavy atom. The predicted molar refractivity (Wildman–Crippen MR) is 152 cm³/mol. The average molecular weight is 550 g/mol. The number of hydrogen-bond donors (Lipinski definition) is 2. The van der Waals surface area contributed by atoms with Gasteiger partial charge in [-0.2, -0.15) is 0 Å². The zero-order valence-electron chi connectivity index (χ0n) is 23.6. The highest BCUT2D eigenvalue weighted by molar-refractivity contribution is 6.90. The number of nitrogens with two attached hydrogens (primary N) is 1. The molecule has 3 aliphatic heterocycles. The summed E-state index contributed by atoms with van der Waals surface area (Å²) in [6.07, 6.45) is 3.18. The first-order chi connectivity index (χ1) is 18.5. The van der Waals surface area contributed by atoms with E-state index >= 15 is 0 Å². The van der Waals surface area contributed by atoms with Crippen LogP contribution in [0.15, 0.2) is 46.6 Å². The summed E-state index contributed by atoms with van der Waals surface area (Å²) >= 11 is 0. The maximum Gasteiger partial charge on any atom is 0.355 e. The van der Waals surface area contributed by atoms with Crippen molar-refractivity contribution in [3.05, 3.63) is 57.7 Å². The van der Waals surface area contributed by atoms with E-state index in [2.05, 4.69) is 61.4 Å². The average Bonchev–Trinajstić information content (AvgIpc) is 3.24. The van der Waals surface area contributed by atoms with Crippen molar-refractivity contribution in [2.24, 2.45) is 11.7 Å². The number of ether oxygens (including phenoxy) is 2. The van der Waals surface area contributed by atoms with Crippen LogP contribution in [-0.4, -0.2) is 49.4 Å². The van der Waals surface area contributed by atoms with Gasteiger partial charge in [0.1, 0.15) is 18.1 Å². The zero-order valence-corrected chi connectivity index (χ0v) is 24.6. The molecule has 9 heteroatoms. The van der Waals surface area contributed by atoms with Crippen LogP contribution >= 0.6 is 0 Å². The standard InChI is InChI=1S/C30H39N3O5Si/c1-6-30(38-26(34)11-8-12-31)22-14-23-27(28(35)21(22)16-37-29(30)36)33-15-20-19(13-25(33)32-23)9-7-10-24(20)39(4,5)17-18(2)3/h7,9-10,13,18,32H,6,8,11-12,14-17,31H2,1-5H3. The fourth-order valence-electron chi connectivity index (χ4n) is 6.72. The molecule has 0 saturated carbocycles. The number of carbonyl (C=O) groups is 3. The number of ketones is 1. The summed E-state index contributed by atoms with van der Waals surface area (Å²) in [5.74, 6) is 0.157. The van der Waals surface area contributed by atoms with E-state index in [0.717, 1.165) is 11.5 Å². The fourth-order valence-corrected chi connectivity index (χ4v) is 10.6. The number of carbonyl (C=O) groups excluding carboxylic acids is 3. The third-order valence-electron chi connectivity index (χ3n) is 8.34. The van der Waals surface area contributed by atoms with E-state index in [4.69, 9.17) is 15.2 Å². The number of hydrogen-bond acceptors (Lipinski definition) is 8. The molecule has 0 spiro atoms. The molecule has 1 aromatic rings. The lowest BCUT2D eigenvalue weighted by atomic mass is 9.78. The van der Waals surface area contributed by atoms with Gasteiger partial charge < -0.3 is 25.4 Å². The highest BCUT2D eigenvalue weighted by Gasteiger charge is 2.54. The quantitative estimate of drug-likeness (QED) is 0.375. The van der Waals surface area contributed by atoms with Crippen molar-refractivity contribution in [3.8, 4) is 0 Å². The van der Waals surface area contributed by atoms with E-state index in [0.29, 0.717) is 48.7 Å². The smallest absolute Gasteiger partial charge is 0.355 e. The number of benzene rings is 1. The van der Waals surface area contributed by atoms with Gasteiger partial charge in [0.05, 0.1) is 14.6 Å².